The van der Waals surface area contributed by atoms with E-state index in [0.717, 1.165) is 6.67 Å². The molecule has 2 nitrogen and oxygen atoms in total. The van der Waals surface area contributed by atoms with Gasteiger partial charge in [-0.3, -0.25) is 0 Å². The number of unbranched alkanes of at least 4 members (excludes halogenated alkanes) is 1. The molecule has 0 radical (unpaired) electrons. The Morgan fingerprint density at radius 2 is 1.77 bits per heavy atom. The fraction of sp³-hybridized carbons (Fsp3) is 0.750. The lowest BCUT2D eigenvalue weighted by Crippen LogP contribution is -2.23. The van der Waals surface area contributed by atoms with E-state index in [0.29, 0.717) is 0 Å². The second-order valence-electron chi connectivity index (χ2n) is 2.86. The first kappa shape index (κ1) is 19.4. The summed E-state index contributed by atoms with van der Waals surface area (Å²) in [5, 5.41) is 0. The standard InChI is InChI=1S/C8H16N2.3BrH/c1-3-4-5-10-7-6-9(2)8-10;;;/h6-7H,3-5,8H2,1-2H3;3*1H. The van der Waals surface area contributed by atoms with Crippen LogP contribution in [0, 0.1) is 0 Å². The van der Waals surface area contributed by atoms with E-state index >= 15 is 0 Å². The zero-order chi connectivity index (χ0) is 7.40. The number of hydrogen-bond donors (Lipinski definition) is 0. The highest BCUT2D eigenvalue weighted by atomic mass is 79.9. The largest absolute Gasteiger partial charge is 0.362 e. The molecule has 0 aromatic rings. The maximum atomic E-state index is 2.34. The smallest absolute Gasteiger partial charge is 0.0890 e. The maximum absolute atomic E-state index is 2.34. The molecular formula is C8H19Br3N2. The average Bonchev–Trinajstić information content (AvgIpc) is 2.31. The highest BCUT2D eigenvalue weighted by Crippen LogP contribution is 2.04. The highest BCUT2D eigenvalue weighted by Gasteiger charge is 2.05. The summed E-state index contributed by atoms with van der Waals surface area (Å²) < 4.78 is 0. The molecule has 0 N–H and O–H groups in total. The summed E-state index contributed by atoms with van der Waals surface area (Å²) in [7, 11) is 2.10. The van der Waals surface area contributed by atoms with Gasteiger partial charge in [-0.25, -0.2) is 0 Å². The van der Waals surface area contributed by atoms with Gasteiger partial charge in [0, 0.05) is 26.0 Å². The van der Waals surface area contributed by atoms with Crippen LogP contribution < -0.4 is 0 Å². The topological polar surface area (TPSA) is 6.48 Å². The lowest BCUT2D eigenvalue weighted by Gasteiger charge is -2.17. The summed E-state index contributed by atoms with van der Waals surface area (Å²) in [4.78, 5) is 4.53. The number of nitrogens with zero attached hydrogens (tertiary/aromatic N) is 2. The van der Waals surface area contributed by atoms with Gasteiger partial charge in [0.2, 0.25) is 0 Å². The molecule has 82 valence electrons. The van der Waals surface area contributed by atoms with Crippen LogP contribution in [0.5, 0.6) is 0 Å². The van der Waals surface area contributed by atoms with E-state index in [4.69, 9.17) is 0 Å². The van der Waals surface area contributed by atoms with Crippen molar-refractivity contribution in [2.24, 2.45) is 0 Å². The summed E-state index contributed by atoms with van der Waals surface area (Å²) in [5.41, 5.74) is 0. The van der Waals surface area contributed by atoms with Gasteiger partial charge in [0.15, 0.2) is 0 Å². The van der Waals surface area contributed by atoms with Crippen molar-refractivity contribution in [3.63, 3.8) is 0 Å². The van der Waals surface area contributed by atoms with Gasteiger partial charge in [-0.15, -0.1) is 50.9 Å². The van der Waals surface area contributed by atoms with Crippen LogP contribution in [-0.4, -0.2) is 30.1 Å². The first-order valence-corrected chi connectivity index (χ1v) is 3.95. The van der Waals surface area contributed by atoms with E-state index in [2.05, 4.69) is 36.2 Å². The molecule has 0 aliphatic carbocycles. The average molecular weight is 383 g/mol. The molecule has 5 heteroatoms. The van der Waals surface area contributed by atoms with Crippen molar-refractivity contribution in [1.29, 1.82) is 0 Å². The van der Waals surface area contributed by atoms with E-state index in [1.165, 1.54) is 19.4 Å². The van der Waals surface area contributed by atoms with E-state index in [1.807, 2.05) is 0 Å². The summed E-state index contributed by atoms with van der Waals surface area (Å²) in [6.07, 6.45) is 6.87. The molecular weight excluding hydrogens is 364 g/mol. The summed E-state index contributed by atoms with van der Waals surface area (Å²) in [6.45, 7) is 4.50. The normalized spacial score (nSPS) is 13.1. The molecule has 0 unspecified atom stereocenters. The van der Waals surface area contributed by atoms with Crippen LogP contribution in [0.1, 0.15) is 19.8 Å². The lowest BCUT2D eigenvalue weighted by atomic mass is 10.3. The van der Waals surface area contributed by atoms with E-state index in [9.17, 15) is 0 Å². The van der Waals surface area contributed by atoms with Crippen LogP contribution in [0.2, 0.25) is 0 Å². The minimum Gasteiger partial charge on any atom is -0.362 e. The highest BCUT2D eigenvalue weighted by molar-refractivity contribution is 8.93. The van der Waals surface area contributed by atoms with E-state index in [1.54, 1.807) is 0 Å². The lowest BCUT2D eigenvalue weighted by molar-refractivity contribution is 0.293. The fourth-order valence-corrected chi connectivity index (χ4v) is 1.10. The Balaban J connectivity index is -0.000000333. The van der Waals surface area contributed by atoms with Crippen molar-refractivity contribution in [2.75, 3.05) is 20.3 Å². The zero-order valence-electron chi connectivity index (χ0n) is 8.10. The molecule has 1 rings (SSSR count). The van der Waals surface area contributed by atoms with Gasteiger partial charge in [0.1, 0.15) is 0 Å². The van der Waals surface area contributed by atoms with Gasteiger partial charge in [0.05, 0.1) is 6.67 Å². The molecule has 13 heavy (non-hydrogen) atoms. The molecule has 0 spiro atoms. The van der Waals surface area contributed by atoms with Crippen LogP contribution in [0.25, 0.3) is 0 Å². The molecule has 1 aliphatic rings. The van der Waals surface area contributed by atoms with Crippen LogP contribution in [0.4, 0.5) is 0 Å². The fourth-order valence-electron chi connectivity index (χ4n) is 1.10. The molecule has 0 atom stereocenters. The van der Waals surface area contributed by atoms with Crippen LogP contribution in [0.3, 0.4) is 0 Å². The van der Waals surface area contributed by atoms with Crippen LogP contribution in [0.15, 0.2) is 12.4 Å². The van der Waals surface area contributed by atoms with Gasteiger partial charge in [-0.2, -0.15) is 0 Å². The maximum Gasteiger partial charge on any atom is 0.0890 e. The molecule has 1 heterocycles. The third-order valence-electron chi connectivity index (χ3n) is 1.74. The Bertz CT molecular complexity index is 131. The van der Waals surface area contributed by atoms with E-state index < -0.39 is 0 Å². The molecule has 0 bridgehead atoms. The molecule has 0 fully saturated rings. The Morgan fingerprint density at radius 3 is 2.15 bits per heavy atom. The second-order valence-corrected chi connectivity index (χ2v) is 2.86. The van der Waals surface area contributed by atoms with Gasteiger partial charge in [0.25, 0.3) is 0 Å². The second kappa shape index (κ2) is 10.9. The zero-order valence-corrected chi connectivity index (χ0v) is 13.2. The summed E-state index contributed by atoms with van der Waals surface area (Å²) in [6, 6.07) is 0. The first-order valence-electron chi connectivity index (χ1n) is 3.95. The van der Waals surface area contributed by atoms with Gasteiger partial charge in [-0.05, 0) is 6.42 Å². The predicted octanol–water partition coefficient (Wildman–Crippen LogP) is 3.20. The van der Waals surface area contributed by atoms with Crippen molar-refractivity contribution >= 4 is 50.9 Å². The predicted molar refractivity (Wildman–Crippen MR) is 74.4 cm³/mol. The molecule has 0 amide bonds. The van der Waals surface area contributed by atoms with Crippen molar-refractivity contribution in [3.8, 4) is 0 Å². The van der Waals surface area contributed by atoms with Crippen LogP contribution >= 0.6 is 50.9 Å². The SMILES string of the molecule is Br.Br.Br.CCCCN1C=CN(C)C1. The Morgan fingerprint density at radius 1 is 1.15 bits per heavy atom. The monoisotopic (exact) mass is 380 g/mol. The minimum absolute atomic E-state index is 0. The third-order valence-corrected chi connectivity index (χ3v) is 1.74. The molecule has 0 aromatic carbocycles. The Kier molecular flexibility index (Phi) is 16.2. The van der Waals surface area contributed by atoms with Crippen LogP contribution in [-0.2, 0) is 0 Å². The Labute approximate surface area is 113 Å². The van der Waals surface area contributed by atoms with Crippen molar-refractivity contribution in [1.82, 2.24) is 9.80 Å². The molecule has 0 aromatic heterocycles. The summed E-state index contributed by atoms with van der Waals surface area (Å²) >= 11 is 0. The third kappa shape index (κ3) is 7.82. The number of rotatable bonds is 3. The number of hydrogen-bond acceptors (Lipinski definition) is 2. The van der Waals surface area contributed by atoms with Gasteiger partial charge >= 0.3 is 0 Å². The Hall–Kier alpha value is 0.780. The van der Waals surface area contributed by atoms with Crippen molar-refractivity contribution < 1.29 is 0 Å². The molecule has 1 aliphatic heterocycles. The van der Waals surface area contributed by atoms with Gasteiger partial charge in [-0.1, -0.05) is 13.3 Å². The molecule has 0 saturated carbocycles. The quantitative estimate of drug-likeness (QED) is 0.739. The number of halogens is 3. The minimum atomic E-state index is 0. The summed E-state index contributed by atoms with van der Waals surface area (Å²) in [5.74, 6) is 0. The molecule has 0 saturated heterocycles. The van der Waals surface area contributed by atoms with Crippen molar-refractivity contribution in [3.05, 3.63) is 12.4 Å². The first-order chi connectivity index (χ1) is 4.83. The van der Waals surface area contributed by atoms with Crippen molar-refractivity contribution in [2.45, 2.75) is 19.8 Å². The van der Waals surface area contributed by atoms with E-state index in [-0.39, 0.29) is 50.9 Å². The van der Waals surface area contributed by atoms with Gasteiger partial charge < -0.3 is 9.80 Å².